The van der Waals surface area contributed by atoms with E-state index in [1.165, 1.54) is 0 Å². The summed E-state index contributed by atoms with van der Waals surface area (Å²) in [6.07, 6.45) is 1.59. The molecule has 4 rings (SSSR count). The SMILES string of the molecule is CNCc1ccc(-c2nnc(-c3nc(-c4ccc(S(O)(O)C(C)C)c(C#N)c4)cnc3C)o2)cc1.[HH]. The van der Waals surface area contributed by atoms with Crippen LogP contribution < -0.4 is 5.32 Å². The predicted molar refractivity (Wildman–Crippen MR) is 137 cm³/mol. The number of hydrogen-bond donors (Lipinski definition) is 3. The van der Waals surface area contributed by atoms with Crippen LogP contribution in [0, 0.1) is 18.3 Å². The van der Waals surface area contributed by atoms with Gasteiger partial charge in [0, 0.05) is 24.3 Å². The molecule has 3 N–H and O–H groups in total. The van der Waals surface area contributed by atoms with Crippen molar-refractivity contribution in [2.75, 3.05) is 7.05 Å². The van der Waals surface area contributed by atoms with Gasteiger partial charge < -0.3 is 9.73 Å². The van der Waals surface area contributed by atoms with Gasteiger partial charge in [0.05, 0.1) is 28.0 Å². The molecule has 2 aromatic heterocycles. The normalized spacial score (nSPS) is 12.1. The van der Waals surface area contributed by atoms with Gasteiger partial charge in [0.15, 0.2) is 0 Å². The van der Waals surface area contributed by atoms with Crippen LogP contribution in [0.4, 0.5) is 0 Å². The molecule has 0 fully saturated rings. The Morgan fingerprint density at radius 1 is 1.09 bits per heavy atom. The topological polar surface area (TPSA) is 141 Å². The Balaban J connectivity index is 0.00000361. The predicted octanol–water partition coefficient (Wildman–Crippen LogP) is 5.52. The molecule has 2 heterocycles. The van der Waals surface area contributed by atoms with Crippen molar-refractivity contribution >= 4 is 10.6 Å². The van der Waals surface area contributed by atoms with Gasteiger partial charge >= 0.3 is 0 Å². The zero-order valence-electron chi connectivity index (χ0n) is 19.9. The Kier molecular flexibility index (Phi) is 6.95. The molecule has 0 saturated carbocycles. The molecule has 0 spiro atoms. The van der Waals surface area contributed by atoms with Crippen molar-refractivity contribution in [3.8, 4) is 40.4 Å². The molecule has 0 aliphatic rings. The summed E-state index contributed by atoms with van der Waals surface area (Å²) in [5, 5.41) is 20.7. The molecule has 0 amide bonds. The van der Waals surface area contributed by atoms with Gasteiger partial charge in [-0.2, -0.15) is 15.9 Å². The smallest absolute Gasteiger partial charge is 0.268 e. The lowest BCUT2D eigenvalue weighted by Crippen LogP contribution is -2.12. The number of aryl methyl sites for hydroxylation is 1. The van der Waals surface area contributed by atoms with E-state index in [1.54, 1.807) is 45.2 Å². The summed E-state index contributed by atoms with van der Waals surface area (Å²) in [7, 11) is -1.21. The number of hydrogen-bond acceptors (Lipinski definition) is 9. The van der Waals surface area contributed by atoms with Crippen LogP contribution in [0.2, 0.25) is 0 Å². The zero-order chi connectivity index (χ0) is 25.2. The van der Waals surface area contributed by atoms with E-state index in [4.69, 9.17) is 4.42 Å². The third-order valence-electron chi connectivity index (χ3n) is 5.54. The van der Waals surface area contributed by atoms with E-state index in [1.807, 2.05) is 31.3 Å². The second-order valence-electron chi connectivity index (χ2n) is 8.29. The molecule has 0 atom stereocenters. The highest BCUT2D eigenvalue weighted by molar-refractivity contribution is 8.24. The van der Waals surface area contributed by atoms with Crippen molar-refractivity contribution < 1.29 is 14.9 Å². The third kappa shape index (κ3) is 4.94. The molecule has 182 valence electrons. The van der Waals surface area contributed by atoms with Gasteiger partial charge in [-0.1, -0.05) is 18.2 Å². The lowest BCUT2D eigenvalue weighted by Gasteiger charge is -2.37. The van der Waals surface area contributed by atoms with E-state index in [0.29, 0.717) is 28.5 Å². The fraction of sp³-hybridized carbons (Fsp3) is 0.240. The summed E-state index contributed by atoms with van der Waals surface area (Å²) in [5.41, 5.74) is 4.26. The molecule has 0 aliphatic carbocycles. The minimum Gasteiger partial charge on any atom is -0.415 e. The van der Waals surface area contributed by atoms with E-state index in [9.17, 15) is 14.4 Å². The van der Waals surface area contributed by atoms with Crippen LogP contribution in [-0.4, -0.2) is 41.6 Å². The number of rotatable bonds is 7. The second-order valence-corrected chi connectivity index (χ2v) is 10.9. The maximum atomic E-state index is 10.5. The molecule has 35 heavy (non-hydrogen) atoms. The minimum atomic E-state index is -3.10. The van der Waals surface area contributed by atoms with Gasteiger partial charge in [-0.3, -0.25) is 14.1 Å². The van der Waals surface area contributed by atoms with Crippen molar-refractivity contribution in [1.82, 2.24) is 25.5 Å². The number of nitrogens with one attached hydrogen (secondary N) is 1. The lowest BCUT2D eigenvalue weighted by molar-refractivity contribution is 0.476. The molecule has 0 bridgehead atoms. The maximum absolute atomic E-state index is 10.5. The molecule has 0 aliphatic heterocycles. The van der Waals surface area contributed by atoms with Crippen LogP contribution in [0.25, 0.3) is 34.3 Å². The van der Waals surface area contributed by atoms with Crippen molar-refractivity contribution in [3.05, 3.63) is 65.5 Å². The van der Waals surface area contributed by atoms with Crippen LogP contribution >= 0.6 is 10.6 Å². The minimum absolute atomic E-state index is 0. The summed E-state index contributed by atoms with van der Waals surface area (Å²) < 4.78 is 27.0. The largest absolute Gasteiger partial charge is 0.415 e. The number of nitrogens with zero attached hydrogens (tertiary/aromatic N) is 5. The Bertz CT molecular complexity index is 1400. The average molecular weight is 493 g/mol. The standard InChI is InChI=1S/C25H26N6O3S.H2/c1-15(2)35(32,33)22-10-9-19(11-20(22)12-26)21-14-28-16(3)23(29-21)25-31-30-24(34-25)18-7-5-17(6-8-18)13-27-4;/h5-11,14-15,27,32-33H,13H2,1-4H3;1H. The van der Waals surface area contributed by atoms with Crippen LogP contribution in [-0.2, 0) is 6.54 Å². The maximum Gasteiger partial charge on any atom is 0.268 e. The van der Waals surface area contributed by atoms with Gasteiger partial charge in [-0.05, 0) is 57.6 Å². The van der Waals surface area contributed by atoms with Crippen LogP contribution in [0.5, 0.6) is 0 Å². The first kappa shape index (κ1) is 24.5. The highest BCUT2D eigenvalue weighted by atomic mass is 32.3. The van der Waals surface area contributed by atoms with Gasteiger partial charge in [0.25, 0.3) is 5.89 Å². The fourth-order valence-corrected chi connectivity index (χ4v) is 4.69. The van der Waals surface area contributed by atoms with Gasteiger partial charge in [-0.15, -0.1) is 10.2 Å². The molecule has 0 unspecified atom stereocenters. The summed E-state index contributed by atoms with van der Waals surface area (Å²) in [4.78, 5) is 9.32. The first-order chi connectivity index (χ1) is 16.7. The van der Waals surface area contributed by atoms with Crippen LogP contribution in [0.15, 0.2) is 58.0 Å². The van der Waals surface area contributed by atoms with Crippen molar-refractivity contribution in [3.63, 3.8) is 0 Å². The monoisotopic (exact) mass is 492 g/mol. The Morgan fingerprint density at radius 2 is 1.77 bits per heavy atom. The lowest BCUT2D eigenvalue weighted by atomic mass is 10.1. The molecule has 0 saturated heterocycles. The summed E-state index contributed by atoms with van der Waals surface area (Å²) >= 11 is 0. The fourth-order valence-electron chi connectivity index (χ4n) is 3.49. The molecule has 4 aromatic rings. The highest BCUT2D eigenvalue weighted by Crippen LogP contribution is 2.53. The van der Waals surface area contributed by atoms with Crippen molar-refractivity contribution in [2.45, 2.75) is 37.5 Å². The molecule has 0 radical (unpaired) electrons. The van der Waals surface area contributed by atoms with Gasteiger partial charge in [-0.25, -0.2) is 4.98 Å². The second kappa shape index (κ2) is 9.93. The van der Waals surface area contributed by atoms with E-state index in [0.717, 1.165) is 17.7 Å². The first-order valence-corrected chi connectivity index (χ1v) is 12.6. The Hall–Kier alpha value is -3.62. The Morgan fingerprint density at radius 3 is 2.43 bits per heavy atom. The summed E-state index contributed by atoms with van der Waals surface area (Å²) in [6.45, 7) is 5.97. The average Bonchev–Trinajstić information content (AvgIpc) is 3.34. The number of benzene rings is 2. The van der Waals surface area contributed by atoms with E-state index in [-0.39, 0.29) is 17.8 Å². The summed E-state index contributed by atoms with van der Waals surface area (Å²) in [6, 6.07) is 14.7. The molecular formula is C25H28N6O3S. The number of nitriles is 1. The van der Waals surface area contributed by atoms with E-state index >= 15 is 0 Å². The number of aromatic nitrogens is 4. The van der Waals surface area contributed by atoms with Gasteiger partial charge in [0.2, 0.25) is 5.89 Å². The zero-order valence-corrected chi connectivity index (χ0v) is 20.7. The van der Waals surface area contributed by atoms with Crippen molar-refractivity contribution in [1.29, 1.82) is 5.26 Å². The molecule has 2 aromatic carbocycles. The van der Waals surface area contributed by atoms with Crippen LogP contribution in [0.3, 0.4) is 0 Å². The third-order valence-corrected chi connectivity index (χ3v) is 7.86. The van der Waals surface area contributed by atoms with Gasteiger partial charge in [0.1, 0.15) is 11.8 Å². The molecule has 9 nitrogen and oxygen atoms in total. The van der Waals surface area contributed by atoms with Crippen molar-refractivity contribution in [2.24, 2.45) is 0 Å². The van der Waals surface area contributed by atoms with E-state index < -0.39 is 15.8 Å². The first-order valence-electron chi connectivity index (χ1n) is 11.0. The van der Waals surface area contributed by atoms with Crippen LogP contribution in [0.1, 0.15) is 32.1 Å². The Labute approximate surface area is 206 Å². The van der Waals surface area contributed by atoms with E-state index in [2.05, 4.69) is 31.6 Å². The summed E-state index contributed by atoms with van der Waals surface area (Å²) in [5.74, 6) is 0.606. The highest BCUT2D eigenvalue weighted by Gasteiger charge is 2.24. The quantitative estimate of drug-likeness (QED) is 0.304. The molecule has 10 heteroatoms. The molecular weight excluding hydrogens is 464 g/mol.